The summed E-state index contributed by atoms with van der Waals surface area (Å²) < 4.78 is 6.71. The van der Waals surface area contributed by atoms with Crippen molar-refractivity contribution < 1.29 is 4.42 Å². The van der Waals surface area contributed by atoms with Crippen molar-refractivity contribution in [3.05, 3.63) is 176 Å². The predicted molar refractivity (Wildman–Crippen MR) is 209 cm³/mol. The van der Waals surface area contributed by atoms with Gasteiger partial charge in [0.05, 0.1) is 0 Å². The standard InChI is InChI=1S/C47H29N3O/c1-3-12-30(13-4-1)34-18-11-19-36(27-34)46-48-45(32-15-5-2-6-16-32)49-47(50-46)37-24-25-39-42-29-41(35-23-22-31-14-7-8-17-33(31)26-35)38-20-9-10-21-40(38)44(42)51-43(39)28-37/h1-29H. The molecule has 0 saturated heterocycles. The Bertz CT molecular complexity index is 2910. The third-order valence-electron chi connectivity index (χ3n) is 9.69. The van der Waals surface area contributed by atoms with E-state index in [1.807, 2.05) is 36.4 Å². The van der Waals surface area contributed by atoms with Crippen LogP contribution >= 0.6 is 0 Å². The second kappa shape index (κ2) is 11.9. The van der Waals surface area contributed by atoms with Crippen molar-refractivity contribution in [3.8, 4) is 56.4 Å². The monoisotopic (exact) mass is 651 g/mol. The summed E-state index contributed by atoms with van der Waals surface area (Å²) in [5, 5.41) is 6.83. The van der Waals surface area contributed by atoms with Crippen LogP contribution in [0.25, 0.3) is 99.9 Å². The lowest BCUT2D eigenvalue weighted by Gasteiger charge is -2.10. The van der Waals surface area contributed by atoms with Gasteiger partial charge in [0.2, 0.25) is 0 Å². The van der Waals surface area contributed by atoms with Gasteiger partial charge in [-0.05, 0) is 68.7 Å². The number of furan rings is 1. The summed E-state index contributed by atoms with van der Waals surface area (Å²) in [4.78, 5) is 15.0. The first kappa shape index (κ1) is 29.0. The minimum absolute atomic E-state index is 0.591. The van der Waals surface area contributed by atoms with Crippen LogP contribution < -0.4 is 0 Å². The Balaban J connectivity index is 1.14. The molecule has 8 aromatic carbocycles. The van der Waals surface area contributed by atoms with E-state index in [2.05, 4.69) is 140 Å². The van der Waals surface area contributed by atoms with E-state index >= 15 is 0 Å². The third-order valence-corrected chi connectivity index (χ3v) is 9.69. The van der Waals surface area contributed by atoms with Gasteiger partial charge in [-0.25, -0.2) is 15.0 Å². The summed E-state index contributed by atoms with van der Waals surface area (Å²) in [6.07, 6.45) is 0. The first-order valence-corrected chi connectivity index (χ1v) is 17.1. The van der Waals surface area contributed by atoms with Gasteiger partial charge in [0, 0.05) is 32.8 Å². The third kappa shape index (κ3) is 5.13. The Morgan fingerprint density at radius 3 is 1.69 bits per heavy atom. The zero-order chi connectivity index (χ0) is 33.7. The largest absolute Gasteiger partial charge is 0.455 e. The van der Waals surface area contributed by atoms with Crippen LogP contribution in [0.15, 0.2) is 180 Å². The van der Waals surface area contributed by atoms with Crippen LogP contribution in [0.5, 0.6) is 0 Å². The highest BCUT2D eigenvalue weighted by Crippen LogP contribution is 2.41. The molecule has 10 rings (SSSR count). The number of nitrogens with zero attached hydrogens (tertiary/aromatic N) is 3. The molecule has 0 bridgehead atoms. The van der Waals surface area contributed by atoms with Crippen LogP contribution in [0, 0.1) is 0 Å². The molecular weight excluding hydrogens is 623 g/mol. The minimum Gasteiger partial charge on any atom is -0.455 e. The number of hydrogen-bond acceptors (Lipinski definition) is 4. The van der Waals surface area contributed by atoms with Crippen LogP contribution in [0.3, 0.4) is 0 Å². The molecule has 0 spiro atoms. The van der Waals surface area contributed by atoms with Crippen LogP contribution in [0.2, 0.25) is 0 Å². The van der Waals surface area contributed by atoms with Crippen molar-refractivity contribution in [2.75, 3.05) is 0 Å². The summed E-state index contributed by atoms with van der Waals surface area (Å²) in [6, 6.07) is 61.1. The van der Waals surface area contributed by atoms with E-state index in [1.165, 1.54) is 21.9 Å². The Morgan fingerprint density at radius 2 is 0.902 bits per heavy atom. The Kier molecular flexibility index (Phi) is 6.78. The molecule has 0 N–H and O–H groups in total. The average molecular weight is 652 g/mol. The first-order chi connectivity index (χ1) is 25.2. The van der Waals surface area contributed by atoms with Gasteiger partial charge in [-0.3, -0.25) is 0 Å². The summed E-state index contributed by atoms with van der Waals surface area (Å²) in [7, 11) is 0. The van der Waals surface area contributed by atoms with E-state index in [9.17, 15) is 0 Å². The maximum Gasteiger partial charge on any atom is 0.164 e. The number of fused-ring (bicyclic) bond motifs is 6. The molecule has 4 heteroatoms. The lowest BCUT2D eigenvalue weighted by atomic mass is 9.94. The van der Waals surface area contributed by atoms with Crippen molar-refractivity contribution >= 4 is 43.5 Å². The van der Waals surface area contributed by atoms with Crippen LogP contribution in [-0.4, -0.2) is 15.0 Å². The summed E-state index contributed by atoms with van der Waals surface area (Å²) in [6.45, 7) is 0. The van der Waals surface area contributed by atoms with E-state index in [1.54, 1.807) is 0 Å². The lowest BCUT2D eigenvalue weighted by molar-refractivity contribution is 0.673. The van der Waals surface area contributed by atoms with Gasteiger partial charge in [-0.15, -0.1) is 0 Å². The molecule has 0 aliphatic rings. The van der Waals surface area contributed by atoms with Crippen molar-refractivity contribution in [2.24, 2.45) is 0 Å². The van der Waals surface area contributed by atoms with Crippen molar-refractivity contribution in [1.82, 2.24) is 15.0 Å². The maximum atomic E-state index is 6.71. The van der Waals surface area contributed by atoms with Crippen LogP contribution in [-0.2, 0) is 0 Å². The summed E-state index contributed by atoms with van der Waals surface area (Å²) in [5.74, 6) is 1.83. The highest BCUT2D eigenvalue weighted by molar-refractivity contribution is 6.19. The molecule has 238 valence electrons. The molecule has 0 radical (unpaired) electrons. The van der Waals surface area contributed by atoms with E-state index in [0.29, 0.717) is 17.5 Å². The fourth-order valence-corrected chi connectivity index (χ4v) is 7.15. The van der Waals surface area contributed by atoms with Gasteiger partial charge < -0.3 is 4.42 Å². The molecule has 2 heterocycles. The van der Waals surface area contributed by atoms with E-state index < -0.39 is 0 Å². The van der Waals surface area contributed by atoms with E-state index in [-0.39, 0.29) is 0 Å². The zero-order valence-corrected chi connectivity index (χ0v) is 27.5. The highest BCUT2D eigenvalue weighted by Gasteiger charge is 2.18. The number of rotatable bonds is 5. The van der Waals surface area contributed by atoms with Gasteiger partial charge in [-0.2, -0.15) is 0 Å². The summed E-state index contributed by atoms with van der Waals surface area (Å²) in [5.41, 5.74) is 9.00. The molecule has 0 saturated carbocycles. The van der Waals surface area contributed by atoms with E-state index in [0.717, 1.165) is 60.5 Å². The molecule has 2 aromatic heterocycles. The topological polar surface area (TPSA) is 51.8 Å². The highest BCUT2D eigenvalue weighted by atomic mass is 16.3. The second-order valence-corrected chi connectivity index (χ2v) is 12.8. The second-order valence-electron chi connectivity index (χ2n) is 12.8. The lowest BCUT2D eigenvalue weighted by Crippen LogP contribution is -2.00. The van der Waals surface area contributed by atoms with Crippen molar-refractivity contribution in [2.45, 2.75) is 0 Å². The maximum absolute atomic E-state index is 6.71. The van der Waals surface area contributed by atoms with Crippen molar-refractivity contribution in [1.29, 1.82) is 0 Å². The quantitative estimate of drug-likeness (QED) is 0.186. The SMILES string of the molecule is c1ccc(-c2cccc(-c3nc(-c4ccccc4)nc(-c4ccc5c(c4)oc4c6ccccc6c(-c6ccc7ccccc7c6)cc54)n3)c2)cc1. The molecule has 51 heavy (non-hydrogen) atoms. The molecule has 0 fully saturated rings. The Labute approximate surface area is 294 Å². The van der Waals surface area contributed by atoms with Gasteiger partial charge in [0.1, 0.15) is 11.2 Å². The van der Waals surface area contributed by atoms with Gasteiger partial charge in [0.25, 0.3) is 0 Å². The smallest absolute Gasteiger partial charge is 0.164 e. The van der Waals surface area contributed by atoms with Crippen molar-refractivity contribution in [3.63, 3.8) is 0 Å². The summed E-state index contributed by atoms with van der Waals surface area (Å²) >= 11 is 0. The minimum atomic E-state index is 0.591. The van der Waals surface area contributed by atoms with Crippen LogP contribution in [0.1, 0.15) is 0 Å². The Hall–Kier alpha value is -6.91. The Morgan fingerprint density at radius 1 is 0.314 bits per heavy atom. The molecule has 4 nitrogen and oxygen atoms in total. The molecule has 10 aromatic rings. The molecule has 0 unspecified atom stereocenters. The zero-order valence-electron chi connectivity index (χ0n) is 27.5. The molecular formula is C47H29N3O. The number of hydrogen-bond donors (Lipinski definition) is 0. The van der Waals surface area contributed by atoms with Gasteiger partial charge in [0.15, 0.2) is 17.5 Å². The van der Waals surface area contributed by atoms with E-state index in [4.69, 9.17) is 19.4 Å². The molecule has 0 aliphatic heterocycles. The first-order valence-electron chi connectivity index (χ1n) is 17.1. The average Bonchev–Trinajstić information content (AvgIpc) is 3.59. The number of aromatic nitrogens is 3. The fourth-order valence-electron chi connectivity index (χ4n) is 7.15. The predicted octanol–water partition coefficient (Wildman–Crippen LogP) is 12.4. The van der Waals surface area contributed by atoms with Crippen LogP contribution in [0.4, 0.5) is 0 Å². The molecule has 0 atom stereocenters. The normalized spacial score (nSPS) is 11.5. The van der Waals surface area contributed by atoms with Gasteiger partial charge in [-0.1, -0.05) is 146 Å². The molecule has 0 amide bonds. The molecule has 0 aliphatic carbocycles. The number of benzene rings is 8. The fraction of sp³-hybridized carbons (Fsp3) is 0. The van der Waals surface area contributed by atoms with Gasteiger partial charge >= 0.3 is 0 Å².